The van der Waals surface area contributed by atoms with Gasteiger partial charge < -0.3 is 9.88 Å². The molecule has 1 aliphatic rings. The molecule has 0 saturated carbocycles. The molecule has 0 radical (unpaired) electrons. The van der Waals surface area contributed by atoms with Crippen LogP contribution in [0.1, 0.15) is 27.3 Å². The first-order chi connectivity index (χ1) is 11.5. The summed E-state index contributed by atoms with van der Waals surface area (Å²) in [6, 6.07) is 10.2. The van der Waals surface area contributed by atoms with Crippen molar-refractivity contribution in [2.24, 2.45) is 0 Å². The topological polar surface area (TPSA) is 54.3 Å². The lowest BCUT2D eigenvalue weighted by molar-refractivity contribution is -0.123. The van der Waals surface area contributed by atoms with Crippen molar-refractivity contribution in [2.75, 3.05) is 26.2 Å². The number of nitrogens with zero attached hydrogens (tertiary/aromatic N) is 2. The molecule has 0 aliphatic carbocycles. The van der Waals surface area contributed by atoms with Crippen molar-refractivity contribution < 1.29 is 9.59 Å². The quantitative estimate of drug-likeness (QED) is 0.875. The zero-order valence-corrected chi connectivity index (χ0v) is 14.4. The summed E-state index contributed by atoms with van der Waals surface area (Å²) in [4.78, 5) is 26.1. The highest BCUT2D eigenvalue weighted by Crippen LogP contribution is 2.22. The number of Topliss-reactive ketones (excluding diaryl/α,β-unsaturated/α-hetero) is 1. The van der Waals surface area contributed by atoms with Gasteiger partial charge in [0.1, 0.15) is 0 Å². The predicted molar refractivity (Wildman–Crippen MR) is 93.8 cm³/mol. The Morgan fingerprint density at radius 3 is 2.54 bits per heavy atom. The van der Waals surface area contributed by atoms with E-state index in [4.69, 9.17) is 0 Å². The summed E-state index contributed by atoms with van der Waals surface area (Å²) in [6.07, 6.45) is 0. The van der Waals surface area contributed by atoms with Crippen molar-refractivity contribution in [3.8, 4) is 5.69 Å². The fraction of sp³-hybridized carbons (Fsp3) is 0.368. The number of amides is 1. The zero-order valence-electron chi connectivity index (χ0n) is 14.4. The first-order valence-corrected chi connectivity index (χ1v) is 8.24. The Bertz CT molecular complexity index is 775. The SMILES string of the molecule is Cc1ccc(-n2c(C)cc(C(=O)CN3CCNC(=O)C3)c2C)cc1. The van der Waals surface area contributed by atoms with Crippen molar-refractivity contribution in [1.82, 2.24) is 14.8 Å². The van der Waals surface area contributed by atoms with Crippen molar-refractivity contribution in [2.45, 2.75) is 20.8 Å². The van der Waals surface area contributed by atoms with Crippen LogP contribution in [-0.4, -0.2) is 47.3 Å². The van der Waals surface area contributed by atoms with Crippen LogP contribution in [0.5, 0.6) is 0 Å². The second-order valence-electron chi connectivity index (χ2n) is 6.44. The molecule has 5 nitrogen and oxygen atoms in total. The van der Waals surface area contributed by atoms with E-state index in [0.717, 1.165) is 22.6 Å². The molecule has 0 bridgehead atoms. The molecule has 2 heterocycles. The number of benzene rings is 1. The van der Waals surface area contributed by atoms with Crippen LogP contribution in [0.25, 0.3) is 5.69 Å². The van der Waals surface area contributed by atoms with E-state index in [2.05, 4.69) is 41.1 Å². The minimum atomic E-state index is -0.0146. The monoisotopic (exact) mass is 325 g/mol. The minimum Gasteiger partial charge on any atom is -0.354 e. The van der Waals surface area contributed by atoms with Crippen molar-refractivity contribution >= 4 is 11.7 Å². The van der Waals surface area contributed by atoms with Crippen LogP contribution in [0.3, 0.4) is 0 Å². The van der Waals surface area contributed by atoms with Crippen LogP contribution in [0, 0.1) is 20.8 Å². The van der Waals surface area contributed by atoms with E-state index in [1.165, 1.54) is 5.56 Å². The number of hydrogen-bond acceptors (Lipinski definition) is 3. The van der Waals surface area contributed by atoms with Crippen LogP contribution in [0.4, 0.5) is 0 Å². The fourth-order valence-corrected chi connectivity index (χ4v) is 3.25. The molecule has 1 amide bonds. The molecule has 0 spiro atoms. The Labute approximate surface area is 142 Å². The smallest absolute Gasteiger partial charge is 0.234 e. The Hall–Kier alpha value is -2.40. The first kappa shape index (κ1) is 16.5. The molecule has 24 heavy (non-hydrogen) atoms. The number of aromatic nitrogens is 1. The van der Waals surface area contributed by atoms with E-state index in [9.17, 15) is 9.59 Å². The summed E-state index contributed by atoms with van der Waals surface area (Å²) in [5, 5.41) is 2.78. The van der Waals surface area contributed by atoms with E-state index in [1.54, 1.807) is 0 Å². The maximum Gasteiger partial charge on any atom is 0.234 e. The maximum atomic E-state index is 12.7. The standard InChI is InChI=1S/C19H23N3O2/c1-13-4-6-16(7-5-13)22-14(2)10-17(15(22)3)18(23)11-21-9-8-20-19(24)12-21/h4-7,10H,8-9,11-12H2,1-3H3,(H,20,24). The van der Waals surface area contributed by atoms with Crippen molar-refractivity contribution in [3.05, 3.63) is 52.8 Å². The third kappa shape index (κ3) is 3.26. The number of aryl methyl sites for hydroxylation is 2. The van der Waals surface area contributed by atoms with Crippen LogP contribution < -0.4 is 5.32 Å². The van der Waals surface area contributed by atoms with Gasteiger partial charge in [0.15, 0.2) is 5.78 Å². The Morgan fingerprint density at radius 2 is 1.88 bits per heavy atom. The van der Waals surface area contributed by atoms with E-state index in [1.807, 2.05) is 24.8 Å². The van der Waals surface area contributed by atoms with Crippen LogP contribution >= 0.6 is 0 Å². The van der Waals surface area contributed by atoms with Crippen LogP contribution in [-0.2, 0) is 4.79 Å². The minimum absolute atomic E-state index is 0.0146. The molecule has 1 fully saturated rings. The van der Waals surface area contributed by atoms with E-state index in [-0.39, 0.29) is 18.2 Å². The lowest BCUT2D eigenvalue weighted by Gasteiger charge is -2.25. The van der Waals surface area contributed by atoms with Crippen LogP contribution in [0.2, 0.25) is 0 Å². The lowest BCUT2D eigenvalue weighted by Crippen LogP contribution is -2.49. The summed E-state index contributed by atoms with van der Waals surface area (Å²) < 4.78 is 2.11. The highest BCUT2D eigenvalue weighted by molar-refractivity contribution is 5.99. The molecule has 0 atom stereocenters. The van der Waals surface area contributed by atoms with Gasteiger partial charge in [-0.1, -0.05) is 17.7 Å². The van der Waals surface area contributed by atoms with Gasteiger partial charge in [-0.3, -0.25) is 14.5 Å². The molecule has 1 aromatic carbocycles. The summed E-state index contributed by atoms with van der Waals surface area (Å²) in [5.74, 6) is 0.0512. The molecule has 3 rings (SSSR count). The van der Waals surface area contributed by atoms with Gasteiger partial charge in [0.25, 0.3) is 0 Å². The van der Waals surface area contributed by atoms with Gasteiger partial charge in [-0.2, -0.15) is 0 Å². The number of hydrogen-bond donors (Lipinski definition) is 1. The average Bonchev–Trinajstić information content (AvgIpc) is 2.83. The number of piperazine rings is 1. The molecule has 1 aliphatic heterocycles. The molecule has 1 aromatic heterocycles. The van der Waals surface area contributed by atoms with Gasteiger partial charge in [-0.15, -0.1) is 0 Å². The predicted octanol–water partition coefficient (Wildman–Crippen LogP) is 2.02. The first-order valence-electron chi connectivity index (χ1n) is 8.24. The molecule has 2 aromatic rings. The molecule has 0 unspecified atom stereocenters. The molecular weight excluding hydrogens is 302 g/mol. The van der Waals surface area contributed by atoms with Gasteiger partial charge in [-0.05, 0) is 39.0 Å². The van der Waals surface area contributed by atoms with Crippen molar-refractivity contribution in [3.63, 3.8) is 0 Å². The number of rotatable bonds is 4. The second-order valence-corrected chi connectivity index (χ2v) is 6.44. The highest BCUT2D eigenvalue weighted by Gasteiger charge is 2.22. The second kappa shape index (κ2) is 6.61. The van der Waals surface area contributed by atoms with Gasteiger partial charge >= 0.3 is 0 Å². The summed E-state index contributed by atoms with van der Waals surface area (Å²) in [7, 11) is 0. The maximum absolute atomic E-state index is 12.7. The van der Waals surface area contributed by atoms with Crippen molar-refractivity contribution in [1.29, 1.82) is 0 Å². The van der Waals surface area contributed by atoms with Gasteiger partial charge in [-0.25, -0.2) is 0 Å². The normalized spacial score (nSPS) is 15.4. The number of nitrogens with one attached hydrogen (secondary N) is 1. The number of carbonyl (C=O) groups excluding carboxylic acids is 2. The molecule has 1 N–H and O–H groups in total. The van der Waals surface area contributed by atoms with Gasteiger partial charge in [0.2, 0.25) is 5.91 Å². The number of carbonyl (C=O) groups is 2. The number of ketones is 1. The third-order valence-corrected chi connectivity index (χ3v) is 4.51. The summed E-state index contributed by atoms with van der Waals surface area (Å²) in [6.45, 7) is 7.95. The highest BCUT2D eigenvalue weighted by atomic mass is 16.2. The Balaban J connectivity index is 1.84. The molecular formula is C19H23N3O2. The summed E-state index contributed by atoms with van der Waals surface area (Å²) >= 11 is 0. The Morgan fingerprint density at radius 1 is 1.17 bits per heavy atom. The fourth-order valence-electron chi connectivity index (χ4n) is 3.25. The molecule has 1 saturated heterocycles. The zero-order chi connectivity index (χ0) is 17.3. The summed E-state index contributed by atoms with van der Waals surface area (Å²) in [5.41, 5.74) is 4.99. The Kier molecular flexibility index (Phi) is 4.53. The van der Waals surface area contributed by atoms with E-state index >= 15 is 0 Å². The van der Waals surface area contributed by atoms with Gasteiger partial charge in [0, 0.05) is 35.7 Å². The van der Waals surface area contributed by atoms with Gasteiger partial charge in [0.05, 0.1) is 13.1 Å². The van der Waals surface area contributed by atoms with Crippen LogP contribution in [0.15, 0.2) is 30.3 Å². The largest absolute Gasteiger partial charge is 0.354 e. The molecule has 126 valence electrons. The van der Waals surface area contributed by atoms with E-state index in [0.29, 0.717) is 19.6 Å². The lowest BCUT2D eigenvalue weighted by atomic mass is 10.1. The third-order valence-electron chi connectivity index (χ3n) is 4.51. The average molecular weight is 325 g/mol. The van der Waals surface area contributed by atoms with E-state index < -0.39 is 0 Å². The molecule has 5 heteroatoms.